The summed E-state index contributed by atoms with van der Waals surface area (Å²) in [6.45, 7) is 3.79. The fraction of sp³-hybridized carbons (Fsp3) is 0.765. The summed E-state index contributed by atoms with van der Waals surface area (Å²) in [6.07, 6.45) is 9.29. The van der Waals surface area contributed by atoms with E-state index in [0.717, 1.165) is 25.7 Å². The molecule has 7 heteroatoms. The summed E-state index contributed by atoms with van der Waals surface area (Å²) in [7, 11) is 0. The largest absolute Gasteiger partial charge is 1.00 e. The van der Waals surface area contributed by atoms with Crippen LogP contribution >= 0.6 is 0 Å². The van der Waals surface area contributed by atoms with E-state index in [-0.39, 0.29) is 38.4 Å². The Hall–Kier alpha value is -0.803. The fourth-order valence-corrected chi connectivity index (χ4v) is 2.58. The summed E-state index contributed by atoms with van der Waals surface area (Å²) < 4.78 is 0.346. The fourth-order valence-electron chi connectivity index (χ4n) is 2.58. The SMILES string of the molecule is CCCC/C=C/CC[N+](CO)(CCCC(=O)[O-])CCCC(=O)O.[Li+]. The van der Waals surface area contributed by atoms with Crippen LogP contribution in [0.4, 0.5) is 0 Å². The number of carboxylic acids is 2. The molecule has 6 nitrogen and oxygen atoms in total. The number of aliphatic hydroxyl groups excluding tert-OH is 1. The zero-order valence-electron chi connectivity index (χ0n) is 15.2. The average Bonchev–Trinajstić information content (AvgIpc) is 2.49. The Bertz CT molecular complexity index is 354. The van der Waals surface area contributed by atoms with E-state index < -0.39 is 11.9 Å². The van der Waals surface area contributed by atoms with Gasteiger partial charge in [0, 0.05) is 25.2 Å². The number of carboxylic acid groups (broad SMARTS) is 2. The van der Waals surface area contributed by atoms with Gasteiger partial charge in [-0.1, -0.05) is 31.9 Å². The normalized spacial score (nSPS) is 13.4. The molecule has 0 heterocycles. The third-order valence-corrected chi connectivity index (χ3v) is 4.00. The summed E-state index contributed by atoms with van der Waals surface area (Å²) in [5.74, 6) is -1.94. The first-order chi connectivity index (χ1) is 11.0. The third kappa shape index (κ3) is 13.6. The van der Waals surface area contributed by atoms with Crippen molar-refractivity contribution in [2.75, 3.05) is 26.4 Å². The van der Waals surface area contributed by atoms with Gasteiger partial charge in [-0.2, -0.15) is 0 Å². The van der Waals surface area contributed by atoms with Crippen molar-refractivity contribution in [1.82, 2.24) is 0 Å². The van der Waals surface area contributed by atoms with E-state index in [9.17, 15) is 19.8 Å². The number of aliphatic carboxylic acids is 2. The van der Waals surface area contributed by atoms with Gasteiger partial charge in [0.1, 0.15) is 0 Å². The van der Waals surface area contributed by atoms with Crippen molar-refractivity contribution >= 4 is 11.9 Å². The molecular weight excluding hydrogens is 305 g/mol. The van der Waals surface area contributed by atoms with Crippen LogP contribution in [0.2, 0.25) is 0 Å². The molecule has 0 aromatic heterocycles. The molecule has 0 bridgehead atoms. The van der Waals surface area contributed by atoms with Crippen LogP contribution in [-0.4, -0.2) is 53.0 Å². The molecule has 0 aromatic rings. The van der Waals surface area contributed by atoms with Crippen LogP contribution in [0.15, 0.2) is 12.2 Å². The number of carbonyl (C=O) groups excluding carboxylic acids is 1. The van der Waals surface area contributed by atoms with E-state index in [0.29, 0.717) is 37.0 Å². The molecule has 0 rings (SSSR count). The topological polar surface area (TPSA) is 97.7 Å². The van der Waals surface area contributed by atoms with Gasteiger partial charge in [-0.15, -0.1) is 0 Å². The van der Waals surface area contributed by atoms with Gasteiger partial charge in [0.25, 0.3) is 0 Å². The number of hydrogen-bond donors (Lipinski definition) is 2. The van der Waals surface area contributed by atoms with Crippen LogP contribution in [0.5, 0.6) is 0 Å². The summed E-state index contributed by atoms with van der Waals surface area (Å²) in [6, 6.07) is 0. The number of hydrogen-bond acceptors (Lipinski definition) is 4. The van der Waals surface area contributed by atoms with Crippen LogP contribution in [0, 0.1) is 0 Å². The second-order valence-electron chi connectivity index (χ2n) is 6.03. The number of carbonyl (C=O) groups is 2. The predicted octanol–water partition coefficient (Wildman–Crippen LogP) is -1.71. The molecule has 134 valence electrons. The van der Waals surface area contributed by atoms with E-state index in [1.54, 1.807) is 0 Å². The second kappa shape index (κ2) is 15.7. The van der Waals surface area contributed by atoms with Gasteiger partial charge in [0.15, 0.2) is 6.73 Å². The van der Waals surface area contributed by atoms with E-state index >= 15 is 0 Å². The maximum Gasteiger partial charge on any atom is 1.00 e. The molecule has 0 spiro atoms. The van der Waals surface area contributed by atoms with Crippen molar-refractivity contribution < 1.29 is 48.3 Å². The zero-order chi connectivity index (χ0) is 17.6. The minimum Gasteiger partial charge on any atom is -0.550 e. The van der Waals surface area contributed by atoms with Gasteiger partial charge < -0.3 is 24.6 Å². The van der Waals surface area contributed by atoms with Gasteiger partial charge in [-0.05, 0) is 12.8 Å². The first-order valence-electron chi connectivity index (χ1n) is 8.48. The number of rotatable bonds is 15. The van der Waals surface area contributed by atoms with Gasteiger partial charge >= 0.3 is 24.8 Å². The van der Waals surface area contributed by atoms with E-state index in [4.69, 9.17) is 5.11 Å². The van der Waals surface area contributed by atoms with Gasteiger partial charge in [-0.3, -0.25) is 4.79 Å². The van der Waals surface area contributed by atoms with Crippen molar-refractivity contribution in [3.63, 3.8) is 0 Å². The maximum absolute atomic E-state index is 10.7. The quantitative estimate of drug-likeness (QED) is 0.122. The van der Waals surface area contributed by atoms with Crippen LogP contribution < -0.4 is 24.0 Å². The molecule has 0 amide bonds. The van der Waals surface area contributed by atoms with Gasteiger partial charge in [0.05, 0.1) is 26.1 Å². The molecule has 0 aliphatic heterocycles. The van der Waals surface area contributed by atoms with E-state index in [1.165, 1.54) is 0 Å². The molecule has 2 N–H and O–H groups in total. The minimum absolute atomic E-state index is 0. The van der Waals surface area contributed by atoms with E-state index in [1.807, 2.05) is 0 Å². The molecule has 24 heavy (non-hydrogen) atoms. The minimum atomic E-state index is -1.09. The molecule has 0 radical (unpaired) electrons. The summed E-state index contributed by atoms with van der Waals surface area (Å²) in [5, 5.41) is 29.1. The Labute approximate surface area is 157 Å². The summed E-state index contributed by atoms with van der Waals surface area (Å²) >= 11 is 0. The second-order valence-corrected chi connectivity index (χ2v) is 6.03. The van der Waals surface area contributed by atoms with Crippen molar-refractivity contribution in [3.8, 4) is 0 Å². The molecule has 0 saturated heterocycles. The monoisotopic (exact) mass is 336 g/mol. The Morgan fingerprint density at radius 2 is 1.58 bits per heavy atom. The summed E-state index contributed by atoms with van der Waals surface area (Å²) in [5.41, 5.74) is 0. The van der Waals surface area contributed by atoms with Crippen molar-refractivity contribution in [1.29, 1.82) is 0 Å². The summed E-state index contributed by atoms with van der Waals surface area (Å²) in [4.78, 5) is 21.2. The molecule has 1 atom stereocenters. The zero-order valence-corrected chi connectivity index (χ0v) is 15.2. The van der Waals surface area contributed by atoms with Crippen molar-refractivity contribution in [2.24, 2.45) is 0 Å². The molecule has 0 saturated carbocycles. The molecule has 0 aliphatic rings. The number of aliphatic hydroxyl groups is 1. The van der Waals surface area contributed by atoms with Crippen LogP contribution in [0.1, 0.15) is 58.3 Å². The van der Waals surface area contributed by atoms with Crippen LogP contribution in [0.3, 0.4) is 0 Å². The third-order valence-electron chi connectivity index (χ3n) is 4.00. The maximum atomic E-state index is 10.7. The first-order valence-corrected chi connectivity index (χ1v) is 8.48. The Morgan fingerprint density at radius 1 is 1.00 bits per heavy atom. The number of nitrogens with zero attached hydrogens (tertiary/aromatic N) is 1. The number of allylic oxidation sites excluding steroid dienone is 1. The number of quaternary nitrogens is 1. The van der Waals surface area contributed by atoms with Crippen molar-refractivity contribution in [2.45, 2.75) is 58.3 Å². The number of unbranched alkanes of at least 4 members (excludes halogenated alkanes) is 2. The molecule has 0 fully saturated rings. The Kier molecular flexibility index (Phi) is 16.7. The van der Waals surface area contributed by atoms with Gasteiger partial charge in [-0.25, -0.2) is 0 Å². The van der Waals surface area contributed by atoms with Gasteiger partial charge in [0.2, 0.25) is 0 Å². The van der Waals surface area contributed by atoms with Crippen LogP contribution in [0.25, 0.3) is 0 Å². The first kappa shape index (κ1) is 25.4. The molecule has 1 unspecified atom stereocenters. The standard InChI is InChI=1S/C17H31NO5.Li/c1-2-3-4-5-6-7-12-18(15-19,13-8-10-16(20)21)14-9-11-17(22)23;/h5-6,19H,2-4,7-15H2,1H3,(H-,20,21,22,23);/q;+1/b6-5+;. The molecular formula is C17H31LiNO5+. The van der Waals surface area contributed by atoms with Crippen molar-refractivity contribution in [3.05, 3.63) is 12.2 Å². The average molecular weight is 336 g/mol. The smallest absolute Gasteiger partial charge is 0.550 e. The molecule has 0 aromatic carbocycles. The van der Waals surface area contributed by atoms with Crippen LogP contribution in [-0.2, 0) is 9.59 Å². The Morgan fingerprint density at radius 3 is 2.08 bits per heavy atom. The Balaban J connectivity index is 0. The van der Waals surface area contributed by atoms with E-state index in [2.05, 4.69) is 19.1 Å². The predicted molar refractivity (Wildman–Crippen MR) is 86.3 cm³/mol. The molecule has 0 aliphatic carbocycles.